The number of aromatic nitrogens is 1. The lowest BCUT2D eigenvalue weighted by molar-refractivity contribution is 0.0600. The number of rotatable bonds is 9. The quantitative estimate of drug-likeness (QED) is 0.661. The summed E-state index contributed by atoms with van der Waals surface area (Å²) < 4.78 is 6.84. The highest BCUT2D eigenvalue weighted by molar-refractivity contribution is 6.02. The van der Waals surface area contributed by atoms with Crippen molar-refractivity contribution in [1.82, 2.24) is 4.57 Å². The lowest BCUT2D eigenvalue weighted by Crippen LogP contribution is -2.13. The molecule has 146 valence electrons. The maximum Gasteiger partial charge on any atom is 0.337 e. The van der Waals surface area contributed by atoms with Gasteiger partial charge in [0, 0.05) is 30.1 Å². The zero-order valence-corrected chi connectivity index (χ0v) is 16.2. The summed E-state index contributed by atoms with van der Waals surface area (Å²) in [5, 5.41) is 9.24. The SMILES string of the molecule is CCCCc1c(-c2ccc(C(=O)OC)cc2)c(C(N)=O)c(C)n1CCCO. The molecule has 1 heterocycles. The Balaban J connectivity index is 2.64. The first-order valence-corrected chi connectivity index (χ1v) is 9.27. The van der Waals surface area contributed by atoms with Crippen LogP contribution in [0.3, 0.4) is 0 Å². The highest BCUT2D eigenvalue weighted by atomic mass is 16.5. The molecule has 0 spiro atoms. The lowest BCUT2D eigenvalue weighted by Gasteiger charge is -2.13. The minimum atomic E-state index is -0.472. The van der Waals surface area contributed by atoms with E-state index in [2.05, 4.69) is 11.5 Å². The number of carbonyl (C=O) groups is 2. The molecule has 2 aromatic rings. The molecule has 0 bridgehead atoms. The minimum Gasteiger partial charge on any atom is -0.465 e. The van der Waals surface area contributed by atoms with E-state index in [9.17, 15) is 14.7 Å². The fourth-order valence-corrected chi connectivity index (χ4v) is 3.44. The Morgan fingerprint density at radius 1 is 1.19 bits per heavy atom. The van der Waals surface area contributed by atoms with Gasteiger partial charge in [-0.25, -0.2) is 4.79 Å². The number of primary amides is 1. The molecule has 2 rings (SSSR count). The first-order valence-electron chi connectivity index (χ1n) is 9.27. The molecule has 0 fully saturated rings. The van der Waals surface area contributed by atoms with Crippen molar-refractivity contribution in [1.29, 1.82) is 0 Å². The number of unbranched alkanes of at least 4 members (excludes halogenated alkanes) is 1. The predicted molar refractivity (Wildman–Crippen MR) is 105 cm³/mol. The molecule has 3 N–H and O–H groups in total. The van der Waals surface area contributed by atoms with Gasteiger partial charge >= 0.3 is 5.97 Å². The van der Waals surface area contributed by atoms with Crippen LogP contribution in [0.1, 0.15) is 58.3 Å². The molecule has 0 saturated heterocycles. The number of ether oxygens (including phenoxy) is 1. The molecule has 0 aliphatic carbocycles. The van der Waals surface area contributed by atoms with Gasteiger partial charge in [0.05, 0.1) is 18.2 Å². The summed E-state index contributed by atoms with van der Waals surface area (Å²) in [6.07, 6.45) is 3.42. The molecule has 1 amide bonds. The maximum absolute atomic E-state index is 12.2. The van der Waals surface area contributed by atoms with E-state index in [4.69, 9.17) is 10.5 Å². The number of esters is 1. The van der Waals surface area contributed by atoms with E-state index in [-0.39, 0.29) is 6.61 Å². The van der Waals surface area contributed by atoms with Gasteiger partial charge < -0.3 is 20.1 Å². The summed E-state index contributed by atoms with van der Waals surface area (Å²) in [5.41, 5.74) is 10.2. The molecule has 1 aromatic heterocycles. The van der Waals surface area contributed by atoms with Crippen molar-refractivity contribution in [2.45, 2.75) is 46.1 Å². The van der Waals surface area contributed by atoms with Crippen molar-refractivity contribution in [3.05, 3.63) is 46.8 Å². The summed E-state index contributed by atoms with van der Waals surface area (Å²) in [5.74, 6) is -0.875. The van der Waals surface area contributed by atoms with Gasteiger partial charge in [-0.2, -0.15) is 0 Å². The Hall–Kier alpha value is -2.60. The van der Waals surface area contributed by atoms with Crippen molar-refractivity contribution in [2.75, 3.05) is 13.7 Å². The maximum atomic E-state index is 12.2. The third kappa shape index (κ3) is 4.39. The third-order valence-electron chi connectivity index (χ3n) is 4.78. The van der Waals surface area contributed by atoms with Gasteiger partial charge in [-0.1, -0.05) is 25.5 Å². The van der Waals surface area contributed by atoms with Crippen molar-refractivity contribution in [3.63, 3.8) is 0 Å². The topological polar surface area (TPSA) is 94.5 Å². The van der Waals surface area contributed by atoms with Crippen molar-refractivity contribution >= 4 is 11.9 Å². The number of hydrogen-bond donors (Lipinski definition) is 2. The van der Waals surface area contributed by atoms with Crippen LogP contribution < -0.4 is 5.73 Å². The van der Waals surface area contributed by atoms with Crippen molar-refractivity contribution < 1.29 is 19.4 Å². The Morgan fingerprint density at radius 3 is 2.37 bits per heavy atom. The van der Waals surface area contributed by atoms with Gasteiger partial charge in [-0.05, 0) is 43.9 Å². The first-order chi connectivity index (χ1) is 13.0. The molecule has 0 atom stereocenters. The number of aliphatic hydroxyl groups excluding tert-OH is 1. The van der Waals surface area contributed by atoms with E-state index in [0.29, 0.717) is 24.1 Å². The average molecular weight is 372 g/mol. The van der Waals surface area contributed by atoms with Gasteiger partial charge in [0.1, 0.15) is 0 Å². The Morgan fingerprint density at radius 2 is 1.85 bits per heavy atom. The molecular weight excluding hydrogens is 344 g/mol. The Bertz CT molecular complexity index is 807. The summed E-state index contributed by atoms with van der Waals surface area (Å²) in [4.78, 5) is 23.9. The van der Waals surface area contributed by atoms with E-state index >= 15 is 0 Å². The number of nitrogens with two attached hydrogens (primary N) is 1. The summed E-state index contributed by atoms with van der Waals surface area (Å²) in [7, 11) is 1.34. The van der Waals surface area contributed by atoms with Crippen LogP contribution in [-0.2, 0) is 17.7 Å². The van der Waals surface area contributed by atoms with E-state index in [0.717, 1.165) is 41.8 Å². The fraction of sp³-hybridized carbons (Fsp3) is 0.429. The molecular formula is C21H28N2O4. The van der Waals surface area contributed by atoms with Crippen LogP contribution in [0.25, 0.3) is 11.1 Å². The van der Waals surface area contributed by atoms with E-state index in [1.807, 2.05) is 19.1 Å². The molecule has 0 radical (unpaired) electrons. The van der Waals surface area contributed by atoms with Gasteiger partial charge in [0.15, 0.2) is 0 Å². The highest BCUT2D eigenvalue weighted by Crippen LogP contribution is 2.34. The molecule has 6 nitrogen and oxygen atoms in total. The molecule has 0 saturated carbocycles. The average Bonchev–Trinajstić information content (AvgIpc) is 2.95. The standard InChI is InChI=1S/C21H28N2O4/c1-4-5-7-17-19(15-8-10-16(11-9-15)21(26)27-3)18(20(22)25)14(2)23(17)12-6-13-24/h8-11,24H,4-7,12-13H2,1-3H3,(H2,22,25). The number of benzene rings is 1. The molecule has 0 unspecified atom stereocenters. The number of aliphatic hydroxyl groups is 1. The van der Waals surface area contributed by atoms with Crippen molar-refractivity contribution in [3.8, 4) is 11.1 Å². The van der Waals surface area contributed by atoms with Crippen LogP contribution in [0.2, 0.25) is 0 Å². The zero-order chi connectivity index (χ0) is 20.0. The minimum absolute atomic E-state index is 0.0832. The largest absolute Gasteiger partial charge is 0.465 e. The monoisotopic (exact) mass is 372 g/mol. The number of amides is 1. The first kappa shape index (κ1) is 20.7. The van der Waals surface area contributed by atoms with Crippen LogP contribution in [-0.4, -0.2) is 35.3 Å². The lowest BCUT2D eigenvalue weighted by atomic mass is 9.96. The second-order valence-corrected chi connectivity index (χ2v) is 6.55. The van der Waals surface area contributed by atoms with Crippen LogP contribution in [0.5, 0.6) is 0 Å². The summed E-state index contributed by atoms with van der Waals surface area (Å²) in [6.45, 7) is 4.72. The van der Waals surface area contributed by atoms with Gasteiger partial charge in [0.2, 0.25) is 0 Å². The molecule has 0 aliphatic rings. The highest BCUT2D eigenvalue weighted by Gasteiger charge is 2.24. The van der Waals surface area contributed by atoms with E-state index in [1.165, 1.54) is 7.11 Å². The Kier molecular flexibility index (Phi) is 7.19. The van der Waals surface area contributed by atoms with Crippen LogP contribution >= 0.6 is 0 Å². The van der Waals surface area contributed by atoms with Crippen LogP contribution in [0.15, 0.2) is 24.3 Å². The van der Waals surface area contributed by atoms with Gasteiger partial charge in [-0.15, -0.1) is 0 Å². The van der Waals surface area contributed by atoms with Gasteiger partial charge in [0.25, 0.3) is 5.91 Å². The number of hydrogen-bond acceptors (Lipinski definition) is 4. The van der Waals surface area contributed by atoms with Crippen LogP contribution in [0, 0.1) is 6.92 Å². The normalized spacial score (nSPS) is 10.8. The second kappa shape index (κ2) is 9.37. The molecule has 1 aromatic carbocycles. The smallest absolute Gasteiger partial charge is 0.337 e. The summed E-state index contributed by atoms with van der Waals surface area (Å²) >= 11 is 0. The van der Waals surface area contributed by atoms with Gasteiger partial charge in [-0.3, -0.25) is 4.79 Å². The fourth-order valence-electron chi connectivity index (χ4n) is 3.44. The number of nitrogens with zero attached hydrogens (tertiary/aromatic N) is 1. The number of carbonyl (C=O) groups excluding carboxylic acids is 2. The van der Waals surface area contributed by atoms with Crippen LogP contribution in [0.4, 0.5) is 0 Å². The van der Waals surface area contributed by atoms with Crippen molar-refractivity contribution in [2.24, 2.45) is 5.73 Å². The predicted octanol–water partition coefficient (Wildman–Crippen LogP) is 3.07. The summed E-state index contributed by atoms with van der Waals surface area (Å²) in [6, 6.07) is 7.02. The number of methoxy groups -OCH3 is 1. The third-order valence-corrected chi connectivity index (χ3v) is 4.78. The van der Waals surface area contributed by atoms with E-state index < -0.39 is 11.9 Å². The van der Waals surface area contributed by atoms with E-state index in [1.54, 1.807) is 12.1 Å². The second-order valence-electron chi connectivity index (χ2n) is 6.55. The Labute approximate surface area is 159 Å². The zero-order valence-electron chi connectivity index (χ0n) is 16.2. The molecule has 27 heavy (non-hydrogen) atoms. The molecule has 0 aliphatic heterocycles. The molecule has 6 heteroatoms.